The molecule has 1 aliphatic heterocycles. The van der Waals surface area contributed by atoms with Crippen LogP contribution in [0.1, 0.15) is 35.1 Å². The Morgan fingerprint density at radius 3 is 2.00 bits per heavy atom. The monoisotopic (exact) mass is 403 g/mol. The Labute approximate surface area is 158 Å². The third kappa shape index (κ3) is 4.67. The average Bonchev–Trinajstić information content (AvgIpc) is 3.11. The zero-order valence-corrected chi connectivity index (χ0v) is 14.8. The maximum Gasteiger partial charge on any atom is 0.416 e. The van der Waals surface area contributed by atoms with Crippen molar-refractivity contribution in [2.24, 2.45) is 0 Å². The van der Waals surface area contributed by atoms with Gasteiger partial charge >= 0.3 is 12.4 Å². The summed E-state index contributed by atoms with van der Waals surface area (Å²) in [5, 5.41) is 3.36. The molecule has 3 rings (SSSR count). The van der Waals surface area contributed by atoms with Crippen LogP contribution in [-0.2, 0) is 29.2 Å². The van der Waals surface area contributed by atoms with Gasteiger partial charge in [0.15, 0.2) is 0 Å². The first-order valence-electron chi connectivity index (χ1n) is 8.77. The Bertz CT molecular complexity index is 762. The average molecular weight is 403 g/mol. The lowest BCUT2D eigenvalue weighted by Crippen LogP contribution is -2.41. The maximum absolute atomic E-state index is 13.0. The van der Waals surface area contributed by atoms with Gasteiger partial charge in [-0.2, -0.15) is 26.3 Å². The van der Waals surface area contributed by atoms with Gasteiger partial charge in [-0.3, -0.25) is 0 Å². The van der Waals surface area contributed by atoms with Crippen LogP contribution < -0.4 is 5.32 Å². The Morgan fingerprint density at radius 2 is 1.50 bits per heavy atom. The molecule has 1 heterocycles. The number of hydrogen-bond donors (Lipinski definition) is 1. The summed E-state index contributed by atoms with van der Waals surface area (Å²) in [6.45, 7) is 0.567. The maximum atomic E-state index is 13.0. The zero-order chi connectivity index (χ0) is 20.4. The van der Waals surface area contributed by atoms with E-state index in [-0.39, 0.29) is 24.8 Å². The number of benzene rings is 2. The Morgan fingerprint density at radius 1 is 0.893 bits per heavy atom. The molecule has 0 aromatic heterocycles. The van der Waals surface area contributed by atoms with E-state index in [4.69, 9.17) is 4.74 Å². The molecule has 1 unspecified atom stereocenters. The van der Waals surface area contributed by atoms with Gasteiger partial charge in [0.05, 0.1) is 29.9 Å². The van der Waals surface area contributed by atoms with Crippen molar-refractivity contribution >= 4 is 0 Å². The Kier molecular flexibility index (Phi) is 5.72. The summed E-state index contributed by atoms with van der Waals surface area (Å²) in [6, 6.07) is 11.0. The van der Waals surface area contributed by atoms with Gasteiger partial charge < -0.3 is 10.1 Å². The topological polar surface area (TPSA) is 21.3 Å². The van der Waals surface area contributed by atoms with Gasteiger partial charge in [-0.25, -0.2) is 0 Å². The summed E-state index contributed by atoms with van der Waals surface area (Å²) in [6.07, 6.45) is -8.06. The summed E-state index contributed by atoms with van der Waals surface area (Å²) >= 11 is 0. The predicted molar refractivity (Wildman–Crippen MR) is 91.5 cm³/mol. The second-order valence-corrected chi connectivity index (χ2v) is 6.89. The first kappa shape index (κ1) is 20.7. The normalized spacial score (nSPS) is 20.5. The Hall–Kier alpha value is -2.06. The van der Waals surface area contributed by atoms with Crippen molar-refractivity contribution in [3.63, 3.8) is 0 Å². The highest BCUT2D eigenvalue weighted by Gasteiger charge is 2.38. The zero-order valence-electron chi connectivity index (χ0n) is 14.8. The molecule has 8 heteroatoms. The van der Waals surface area contributed by atoms with Crippen molar-refractivity contribution in [3.8, 4) is 0 Å². The number of nitrogens with one attached hydrogen (secondary N) is 1. The van der Waals surface area contributed by atoms with Gasteiger partial charge in [0.25, 0.3) is 0 Å². The van der Waals surface area contributed by atoms with Gasteiger partial charge in [0.1, 0.15) is 0 Å². The van der Waals surface area contributed by atoms with Crippen molar-refractivity contribution in [2.45, 2.75) is 37.3 Å². The molecule has 0 radical (unpaired) electrons. The van der Waals surface area contributed by atoms with Crippen LogP contribution in [0.25, 0.3) is 0 Å². The molecule has 1 saturated heterocycles. The van der Waals surface area contributed by atoms with Gasteiger partial charge in [-0.15, -0.1) is 0 Å². The Balaban J connectivity index is 1.78. The lowest BCUT2D eigenvalue weighted by Gasteiger charge is -2.30. The van der Waals surface area contributed by atoms with Crippen LogP contribution in [0.3, 0.4) is 0 Å². The van der Waals surface area contributed by atoms with Crippen molar-refractivity contribution in [2.75, 3.05) is 13.2 Å². The van der Waals surface area contributed by atoms with E-state index in [9.17, 15) is 26.3 Å². The lowest BCUT2D eigenvalue weighted by molar-refractivity contribution is -0.143. The van der Waals surface area contributed by atoms with Crippen LogP contribution in [0.5, 0.6) is 0 Å². The molecule has 0 saturated carbocycles. The van der Waals surface area contributed by atoms with Gasteiger partial charge in [-0.1, -0.05) is 30.3 Å². The minimum atomic E-state index is -4.87. The molecule has 1 aliphatic rings. The number of ether oxygens (including phenoxy) is 1. The molecule has 2 aromatic carbocycles. The fraction of sp³-hybridized carbons (Fsp3) is 0.400. The molecule has 0 aliphatic carbocycles. The quantitative estimate of drug-likeness (QED) is 0.664. The number of halogens is 6. The third-order valence-corrected chi connectivity index (χ3v) is 4.83. The molecule has 0 bridgehead atoms. The van der Waals surface area contributed by atoms with Gasteiger partial charge in [-0.05, 0) is 48.7 Å². The standard InChI is InChI=1S/C20H19F6NO/c21-19(22,23)16-9-14(10-17(11-16)20(24,25)26)12-28-13-18(7-4-8-27-18)15-5-2-1-3-6-15/h1-3,5-6,9-11,27H,4,7-8,12-13H2. The van der Waals surface area contributed by atoms with Gasteiger partial charge in [0.2, 0.25) is 0 Å². The largest absolute Gasteiger partial charge is 0.416 e. The molecule has 1 atom stereocenters. The highest BCUT2D eigenvalue weighted by atomic mass is 19.4. The van der Waals surface area contributed by atoms with Crippen LogP contribution in [-0.4, -0.2) is 13.2 Å². The minimum absolute atomic E-state index is 0.119. The number of alkyl halides is 6. The summed E-state index contributed by atoms with van der Waals surface area (Å²) in [7, 11) is 0. The predicted octanol–water partition coefficient (Wildman–Crippen LogP) is 5.52. The summed E-state index contributed by atoms with van der Waals surface area (Å²) in [4.78, 5) is 0. The molecule has 152 valence electrons. The summed E-state index contributed by atoms with van der Waals surface area (Å²) in [5.74, 6) is 0. The smallest absolute Gasteiger partial charge is 0.374 e. The van der Waals surface area contributed by atoms with Crippen LogP contribution in [0.15, 0.2) is 48.5 Å². The fourth-order valence-corrected chi connectivity index (χ4v) is 3.46. The van der Waals surface area contributed by atoms with E-state index >= 15 is 0 Å². The van der Waals surface area contributed by atoms with E-state index in [0.717, 1.165) is 24.9 Å². The highest BCUT2D eigenvalue weighted by Crippen LogP contribution is 2.37. The van der Waals surface area contributed by atoms with Crippen molar-refractivity contribution in [1.82, 2.24) is 5.32 Å². The minimum Gasteiger partial charge on any atom is -0.374 e. The third-order valence-electron chi connectivity index (χ3n) is 4.83. The van der Waals surface area contributed by atoms with E-state index in [1.54, 1.807) is 0 Å². The van der Waals surface area contributed by atoms with Crippen LogP contribution in [0, 0.1) is 0 Å². The first-order chi connectivity index (χ1) is 13.1. The second kappa shape index (κ2) is 7.75. The van der Waals surface area contributed by atoms with E-state index in [0.29, 0.717) is 12.1 Å². The van der Waals surface area contributed by atoms with Crippen molar-refractivity contribution in [1.29, 1.82) is 0 Å². The molecule has 2 aromatic rings. The van der Waals surface area contributed by atoms with Crippen LogP contribution in [0.2, 0.25) is 0 Å². The van der Waals surface area contributed by atoms with E-state index in [1.165, 1.54) is 0 Å². The molecular weight excluding hydrogens is 384 g/mol. The molecule has 1 N–H and O–H groups in total. The van der Waals surface area contributed by atoms with E-state index < -0.39 is 29.0 Å². The molecular formula is C20H19F6NO. The van der Waals surface area contributed by atoms with Gasteiger partial charge in [0, 0.05) is 0 Å². The number of hydrogen-bond acceptors (Lipinski definition) is 2. The molecule has 2 nitrogen and oxygen atoms in total. The molecule has 0 amide bonds. The fourth-order valence-electron chi connectivity index (χ4n) is 3.46. The van der Waals surface area contributed by atoms with Crippen molar-refractivity contribution in [3.05, 3.63) is 70.8 Å². The number of rotatable bonds is 5. The first-order valence-corrected chi connectivity index (χ1v) is 8.77. The molecule has 1 fully saturated rings. The molecule has 28 heavy (non-hydrogen) atoms. The van der Waals surface area contributed by atoms with Crippen LogP contribution in [0.4, 0.5) is 26.3 Å². The van der Waals surface area contributed by atoms with Crippen LogP contribution >= 0.6 is 0 Å². The van der Waals surface area contributed by atoms with E-state index in [2.05, 4.69) is 5.32 Å². The summed E-state index contributed by atoms with van der Waals surface area (Å²) < 4.78 is 83.4. The summed E-state index contributed by atoms with van der Waals surface area (Å²) in [5.41, 5.74) is -2.35. The second-order valence-electron chi connectivity index (χ2n) is 6.89. The highest BCUT2D eigenvalue weighted by molar-refractivity contribution is 5.33. The molecule has 0 spiro atoms. The SMILES string of the molecule is FC(F)(F)c1cc(COCC2(c3ccccc3)CCCN2)cc(C(F)(F)F)c1. The van der Waals surface area contributed by atoms with E-state index in [1.807, 2.05) is 30.3 Å². The lowest BCUT2D eigenvalue weighted by atomic mass is 9.89. The van der Waals surface area contributed by atoms with Crippen molar-refractivity contribution < 1.29 is 31.1 Å².